The summed E-state index contributed by atoms with van der Waals surface area (Å²) in [4.78, 5) is 26.0. The van der Waals surface area contributed by atoms with E-state index in [4.69, 9.17) is 4.74 Å². The fraction of sp³-hybridized carbons (Fsp3) is 0.556. The predicted molar refractivity (Wildman–Crippen MR) is 89.1 cm³/mol. The summed E-state index contributed by atoms with van der Waals surface area (Å²) >= 11 is 0. The average Bonchev–Trinajstić information content (AvgIpc) is 2.97. The summed E-state index contributed by atoms with van der Waals surface area (Å²) in [7, 11) is 0. The molecule has 2 amide bonds. The number of amides is 2. The van der Waals surface area contributed by atoms with Gasteiger partial charge in [-0.1, -0.05) is 12.1 Å². The van der Waals surface area contributed by atoms with Crippen molar-refractivity contribution in [3.8, 4) is 0 Å². The molecule has 24 heavy (non-hydrogen) atoms. The SMILES string of the molecule is CC(C)(C)OC(=O)N1CCC[C@H]1C(=O)NCCc1ccc(F)cc1. The second-order valence-corrected chi connectivity index (χ2v) is 7.00. The summed E-state index contributed by atoms with van der Waals surface area (Å²) in [5.41, 5.74) is 0.371. The highest BCUT2D eigenvalue weighted by molar-refractivity contribution is 5.86. The number of likely N-dealkylation sites (tertiary alicyclic amines) is 1. The lowest BCUT2D eigenvalue weighted by Gasteiger charge is -2.28. The maximum Gasteiger partial charge on any atom is 0.410 e. The van der Waals surface area contributed by atoms with Crippen molar-refractivity contribution in [3.05, 3.63) is 35.6 Å². The summed E-state index contributed by atoms with van der Waals surface area (Å²) in [6.07, 6.45) is 1.60. The van der Waals surface area contributed by atoms with Crippen molar-refractivity contribution in [2.24, 2.45) is 0 Å². The molecule has 5 nitrogen and oxygen atoms in total. The summed E-state index contributed by atoms with van der Waals surface area (Å²) in [6.45, 7) is 6.39. The number of ether oxygens (including phenoxy) is 1. The van der Waals surface area contributed by atoms with Gasteiger partial charge in [-0.3, -0.25) is 9.69 Å². The van der Waals surface area contributed by atoms with Gasteiger partial charge in [0.05, 0.1) is 0 Å². The monoisotopic (exact) mass is 336 g/mol. The Morgan fingerprint density at radius 1 is 1.29 bits per heavy atom. The molecule has 1 fully saturated rings. The van der Waals surface area contributed by atoms with Crippen molar-refractivity contribution in [1.29, 1.82) is 0 Å². The van der Waals surface area contributed by atoms with Crippen molar-refractivity contribution >= 4 is 12.0 Å². The Bertz CT molecular complexity index is 581. The van der Waals surface area contributed by atoms with Crippen LogP contribution in [0.3, 0.4) is 0 Å². The Labute approximate surface area is 142 Å². The van der Waals surface area contributed by atoms with E-state index in [1.807, 2.05) is 0 Å². The van der Waals surface area contributed by atoms with Gasteiger partial charge in [0.15, 0.2) is 0 Å². The molecule has 0 radical (unpaired) electrons. The van der Waals surface area contributed by atoms with Crippen LogP contribution in [0.2, 0.25) is 0 Å². The molecule has 1 heterocycles. The van der Waals surface area contributed by atoms with E-state index in [0.29, 0.717) is 25.9 Å². The van der Waals surface area contributed by atoms with Crippen molar-refractivity contribution in [2.45, 2.75) is 51.7 Å². The largest absolute Gasteiger partial charge is 0.444 e. The molecule has 1 aliphatic heterocycles. The van der Waals surface area contributed by atoms with Crippen LogP contribution in [0.15, 0.2) is 24.3 Å². The highest BCUT2D eigenvalue weighted by Gasteiger charge is 2.36. The predicted octanol–water partition coefficient (Wildman–Crippen LogP) is 2.88. The molecule has 0 unspecified atom stereocenters. The summed E-state index contributed by atoms with van der Waals surface area (Å²) in [5.74, 6) is -0.442. The first-order valence-corrected chi connectivity index (χ1v) is 8.28. The van der Waals surface area contributed by atoms with Gasteiger partial charge in [-0.2, -0.15) is 0 Å². The first kappa shape index (κ1) is 18.2. The lowest BCUT2D eigenvalue weighted by Crippen LogP contribution is -2.47. The third-order valence-corrected chi connectivity index (χ3v) is 3.81. The number of hydrogen-bond donors (Lipinski definition) is 1. The first-order valence-electron chi connectivity index (χ1n) is 8.28. The zero-order chi connectivity index (χ0) is 17.7. The van der Waals surface area contributed by atoms with E-state index in [2.05, 4.69) is 5.32 Å². The lowest BCUT2D eigenvalue weighted by atomic mass is 10.1. The Hall–Kier alpha value is -2.11. The van der Waals surface area contributed by atoms with Gasteiger partial charge in [0, 0.05) is 13.1 Å². The number of benzene rings is 1. The zero-order valence-corrected chi connectivity index (χ0v) is 14.5. The van der Waals surface area contributed by atoms with Gasteiger partial charge >= 0.3 is 6.09 Å². The van der Waals surface area contributed by atoms with E-state index in [-0.39, 0.29) is 11.7 Å². The highest BCUT2D eigenvalue weighted by Crippen LogP contribution is 2.21. The molecule has 0 aromatic heterocycles. The number of carbonyl (C=O) groups excluding carboxylic acids is 2. The number of nitrogens with zero attached hydrogens (tertiary/aromatic N) is 1. The van der Waals surface area contributed by atoms with Crippen LogP contribution in [-0.4, -0.2) is 41.6 Å². The summed E-state index contributed by atoms with van der Waals surface area (Å²) in [6, 6.07) is 5.72. The molecule has 2 rings (SSSR count). The molecule has 6 heteroatoms. The molecule has 0 saturated carbocycles. The fourth-order valence-corrected chi connectivity index (χ4v) is 2.68. The maximum atomic E-state index is 12.9. The maximum absolute atomic E-state index is 12.9. The molecule has 1 aromatic carbocycles. The molecule has 1 aliphatic rings. The second kappa shape index (κ2) is 7.64. The van der Waals surface area contributed by atoms with Crippen LogP contribution in [0, 0.1) is 5.82 Å². The summed E-state index contributed by atoms with van der Waals surface area (Å²) in [5, 5.41) is 2.85. The molecule has 1 aromatic rings. The van der Waals surface area contributed by atoms with Crippen molar-refractivity contribution in [2.75, 3.05) is 13.1 Å². The Kier molecular flexibility index (Phi) is 5.80. The Balaban J connectivity index is 1.84. The van der Waals surface area contributed by atoms with Gasteiger partial charge in [0.1, 0.15) is 17.5 Å². The molecule has 0 bridgehead atoms. The fourth-order valence-electron chi connectivity index (χ4n) is 2.68. The molecule has 1 saturated heterocycles. The van der Waals surface area contributed by atoms with Crippen LogP contribution in [-0.2, 0) is 16.0 Å². The topological polar surface area (TPSA) is 58.6 Å². The number of rotatable bonds is 4. The minimum atomic E-state index is -0.580. The van der Waals surface area contributed by atoms with Gasteiger partial charge in [0.25, 0.3) is 0 Å². The van der Waals surface area contributed by atoms with Gasteiger partial charge in [-0.15, -0.1) is 0 Å². The van der Waals surface area contributed by atoms with Crippen molar-refractivity contribution in [3.63, 3.8) is 0 Å². The third kappa shape index (κ3) is 5.22. The molecular formula is C18H25FN2O3. The molecular weight excluding hydrogens is 311 g/mol. The standard InChI is InChI=1S/C18H25FN2O3/c1-18(2,3)24-17(23)21-12-4-5-15(21)16(22)20-11-10-13-6-8-14(19)9-7-13/h6-9,15H,4-5,10-12H2,1-3H3,(H,20,22)/t15-/m0/s1. The lowest BCUT2D eigenvalue weighted by molar-refractivity contribution is -0.125. The normalized spacial score (nSPS) is 17.7. The van der Waals surface area contributed by atoms with E-state index in [1.54, 1.807) is 32.9 Å². The van der Waals surface area contributed by atoms with Crippen LogP contribution in [0.1, 0.15) is 39.2 Å². The quantitative estimate of drug-likeness (QED) is 0.920. The highest BCUT2D eigenvalue weighted by atomic mass is 19.1. The van der Waals surface area contributed by atoms with Gasteiger partial charge in [-0.05, 0) is 57.7 Å². The van der Waals surface area contributed by atoms with E-state index in [0.717, 1.165) is 12.0 Å². The third-order valence-electron chi connectivity index (χ3n) is 3.81. The van der Waals surface area contributed by atoms with E-state index in [1.165, 1.54) is 17.0 Å². The molecule has 1 atom stereocenters. The van der Waals surface area contributed by atoms with Crippen LogP contribution < -0.4 is 5.32 Å². The smallest absolute Gasteiger partial charge is 0.410 e. The minimum absolute atomic E-state index is 0.166. The van der Waals surface area contributed by atoms with Crippen molar-refractivity contribution in [1.82, 2.24) is 10.2 Å². The first-order chi connectivity index (χ1) is 11.3. The zero-order valence-electron chi connectivity index (χ0n) is 14.5. The number of hydrogen-bond acceptors (Lipinski definition) is 3. The number of carbonyl (C=O) groups is 2. The Morgan fingerprint density at radius 3 is 2.58 bits per heavy atom. The van der Waals surface area contributed by atoms with Crippen LogP contribution in [0.25, 0.3) is 0 Å². The van der Waals surface area contributed by atoms with Crippen LogP contribution in [0.5, 0.6) is 0 Å². The average molecular weight is 336 g/mol. The molecule has 1 N–H and O–H groups in total. The van der Waals surface area contributed by atoms with Crippen molar-refractivity contribution < 1.29 is 18.7 Å². The van der Waals surface area contributed by atoms with Gasteiger partial charge in [-0.25, -0.2) is 9.18 Å². The number of halogens is 1. The van der Waals surface area contributed by atoms with Gasteiger partial charge in [0.2, 0.25) is 5.91 Å². The minimum Gasteiger partial charge on any atom is -0.444 e. The summed E-state index contributed by atoms with van der Waals surface area (Å²) < 4.78 is 18.2. The van der Waals surface area contributed by atoms with E-state index < -0.39 is 17.7 Å². The molecule has 132 valence electrons. The number of nitrogens with one attached hydrogen (secondary N) is 1. The molecule has 0 spiro atoms. The second-order valence-electron chi connectivity index (χ2n) is 7.00. The van der Waals surface area contributed by atoms with E-state index >= 15 is 0 Å². The van der Waals surface area contributed by atoms with Crippen LogP contribution >= 0.6 is 0 Å². The van der Waals surface area contributed by atoms with Gasteiger partial charge < -0.3 is 10.1 Å². The van der Waals surface area contributed by atoms with Crippen LogP contribution in [0.4, 0.5) is 9.18 Å². The Morgan fingerprint density at radius 2 is 1.96 bits per heavy atom. The molecule has 0 aliphatic carbocycles. The van der Waals surface area contributed by atoms with E-state index in [9.17, 15) is 14.0 Å².